The van der Waals surface area contributed by atoms with Gasteiger partial charge < -0.3 is 10.6 Å². The first-order chi connectivity index (χ1) is 6.20. The van der Waals surface area contributed by atoms with Crippen LogP contribution in [0.15, 0.2) is 0 Å². The van der Waals surface area contributed by atoms with Crippen molar-refractivity contribution in [1.29, 1.82) is 5.26 Å². The highest BCUT2D eigenvalue weighted by molar-refractivity contribution is 5.07. The Morgan fingerprint density at radius 2 is 2.08 bits per heavy atom. The standard InChI is InChI=1S/C10H19N3/c1-2-3-6-13-7-4-10(12,9-11)5-8-13/h2-8,12H2,1H3. The first-order valence-corrected chi connectivity index (χ1v) is 5.13. The fourth-order valence-electron chi connectivity index (χ4n) is 1.67. The van der Waals surface area contributed by atoms with Crippen LogP contribution in [0.2, 0.25) is 0 Å². The van der Waals surface area contributed by atoms with Crippen molar-refractivity contribution in [2.24, 2.45) is 5.73 Å². The summed E-state index contributed by atoms with van der Waals surface area (Å²) < 4.78 is 0. The molecule has 1 rings (SSSR count). The smallest absolute Gasteiger partial charge is 0.106 e. The molecule has 2 N–H and O–H groups in total. The van der Waals surface area contributed by atoms with Crippen LogP contribution in [0.5, 0.6) is 0 Å². The van der Waals surface area contributed by atoms with Crippen LogP contribution < -0.4 is 5.73 Å². The van der Waals surface area contributed by atoms with Crippen molar-refractivity contribution in [1.82, 2.24) is 4.90 Å². The Balaban J connectivity index is 2.27. The number of piperidine rings is 1. The highest BCUT2D eigenvalue weighted by Gasteiger charge is 2.29. The Labute approximate surface area is 80.5 Å². The maximum Gasteiger partial charge on any atom is 0.106 e. The summed E-state index contributed by atoms with van der Waals surface area (Å²) in [5, 5.41) is 8.82. The SMILES string of the molecule is CCCCN1CCC(N)(C#N)CC1. The molecule has 0 aromatic carbocycles. The summed E-state index contributed by atoms with van der Waals surface area (Å²) in [4.78, 5) is 2.41. The van der Waals surface area contributed by atoms with Crippen molar-refractivity contribution >= 4 is 0 Å². The second-order valence-electron chi connectivity index (χ2n) is 3.96. The van der Waals surface area contributed by atoms with E-state index in [2.05, 4.69) is 17.9 Å². The molecule has 0 radical (unpaired) electrons. The van der Waals surface area contributed by atoms with Gasteiger partial charge in [0.1, 0.15) is 5.54 Å². The molecular weight excluding hydrogens is 162 g/mol. The van der Waals surface area contributed by atoms with Gasteiger partial charge in [0.2, 0.25) is 0 Å². The molecule has 0 amide bonds. The summed E-state index contributed by atoms with van der Waals surface area (Å²) in [6.45, 7) is 5.35. The Kier molecular flexibility index (Phi) is 3.71. The lowest BCUT2D eigenvalue weighted by atomic mass is 9.90. The summed E-state index contributed by atoms with van der Waals surface area (Å²) in [7, 11) is 0. The fraction of sp³-hybridized carbons (Fsp3) is 0.900. The number of nitriles is 1. The predicted molar refractivity (Wildman–Crippen MR) is 53.1 cm³/mol. The van der Waals surface area contributed by atoms with E-state index in [1.54, 1.807) is 0 Å². The van der Waals surface area contributed by atoms with Gasteiger partial charge in [0.25, 0.3) is 0 Å². The van der Waals surface area contributed by atoms with Crippen molar-refractivity contribution in [3.63, 3.8) is 0 Å². The number of unbranched alkanes of at least 4 members (excludes halogenated alkanes) is 1. The summed E-state index contributed by atoms with van der Waals surface area (Å²) in [5.41, 5.74) is 5.32. The van der Waals surface area contributed by atoms with E-state index < -0.39 is 5.54 Å². The van der Waals surface area contributed by atoms with Crippen LogP contribution in [0.4, 0.5) is 0 Å². The predicted octanol–water partition coefficient (Wildman–Crippen LogP) is 1.10. The summed E-state index contributed by atoms with van der Waals surface area (Å²) >= 11 is 0. The molecule has 0 saturated carbocycles. The van der Waals surface area contributed by atoms with Gasteiger partial charge in [-0.15, -0.1) is 0 Å². The monoisotopic (exact) mass is 181 g/mol. The Morgan fingerprint density at radius 1 is 1.46 bits per heavy atom. The summed E-state index contributed by atoms with van der Waals surface area (Å²) in [6.07, 6.45) is 4.15. The molecule has 1 heterocycles. The maximum absolute atomic E-state index is 8.82. The first-order valence-electron chi connectivity index (χ1n) is 5.13. The second-order valence-corrected chi connectivity index (χ2v) is 3.96. The molecule has 0 aliphatic carbocycles. The van der Waals surface area contributed by atoms with Crippen molar-refractivity contribution in [3.05, 3.63) is 0 Å². The third-order valence-electron chi connectivity index (χ3n) is 2.80. The Morgan fingerprint density at radius 3 is 2.54 bits per heavy atom. The van der Waals surface area contributed by atoms with Crippen LogP contribution in [0.1, 0.15) is 32.6 Å². The minimum absolute atomic E-state index is 0.539. The number of likely N-dealkylation sites (tertiary alicyclic amines) is 1. The number of nitrogens with two attached hydrogens (primary N) is 1. The molecule has 13 heavy (non-hydrogen) atoms. The molecule has 1 saturated heterocycles. The molecule has 1 aliphatic rings. The number of nitrogens with zero attached hydrogens (tertiary/aromatic N) is 2. The lowest BCUT2D eigenvalue weighted by molar-refractivity contribution is 0.186. The topological polar surface area (TPSA) is 53.0 Å². The van der Waals surface area contributed by atoms with Gasteiger partial charge in [-0.2, -0.15) is 5.26 Å². The maximum atomic E-state index is 8.82. The van der Waals surface area contributed by atoms with Gasteiger partial charge in [0.05, 0.1) is 6.07 Å². The lowest BCUT2D eigenvalue weighted by Crippen LogP contribution is -2.49. The van der Waals surface area contributed by atoms with Crippen molar-refractivity contribution in [2.75, 3.05) is 19.6 Å². The third kappa shape index (κ3) is 2.98. The Hall–Kier alpha value is -0.590. The van der Waals surface area contributed by atoms with E-state index in [1.807, 2.05) is 0 Å². The van der Waals surface area contributed by atoms with Crippen LogP contribution in [-0.2, 0) is 0 Å². The molecule has 0 aromatic rings. The molecular formula is C10H19N3. The van der Waals surface area contributed by atoms with Crippen LogP contribution >= 0.6 is 0 Å². The van der Waals surface area contributed by atoms with Crippen LogP contribution in [0, 0.1) is 11.3 Å². The van der Waals surface area contributed by atoms with E-state index in [0.29, 0.717) is 0 Å². The van der Waals surface area contributed by atoms with Crippen molar-refractivity contribution < 1.29 is 0 Å². The van der Waals surface area contributed by atoms with Gasteiger partial charge in [-0.05, 0) is 25.8 Å². The largest absolute Gasteiger partial charge is 0.313 e. The molecule has 0 aromatic heterocycles. The zero-order valence-electron chi connectivity index (χ0n) is 8.42. The molecule has 1 aliphatic heterocycles. The van der Waals surface area contributed by atoms with Crippen molar-refractivity contribution in [2.45, 2.75) is 38.1 Å². The zero-order chi connectivity index (χ0) is 9.73. The molecule has 1 fully saturated rings. The third-order valence-corrected chi connectivity index (χ3v) is 2.80. The molecule has 0 bridgehead atoms. The Bertz CT molecular complexity index is 187. The zero-order valence-corrected chi connectivity index (χ0v) is 8.42. The average Bonchev–Trinajstić information content (AvgIpc) is 2.17. The number of rotatable bonds is 3. The van der Waals surface area contributed by atoms with Gasteiger partial charge in [-0.25, -0.2) is 0 Å². The molecule has 3 heteroatoms. The van der Waals surface area contributed by atoms with Gasteiger partial charge >= 0.3 is 0 Å². The molecule has 74 valence electrons. The summed E-state index contributed by atoms with van der Waals surface area (Å²) in [5.74, 6) is 0. The first kappa shape index (κ1) is 10.5. The van der Waals surface area contributed by atoms with E-state index in [9.17, 15) is 0 Å². The number of hydrogen-bond acceptors (Lipinski definition) is 3. The molecule has 3 nitrogen and oxygen atoms in total. The second kappa shape index (κ2) is 4.59. The van der Waals surface area contributed by atoms with E-state index in [1.165, 1.54) is 12.8 Å². The normalized spacial score (nSPS) is 22.5. The molecule has 0 atom stereocenters. The number of hydrogen-bond donors (Lipinski definition) is 1. The average molecular weight is 181 g/mol. The molecule has 0 unspecified atom stereocenters. The minimum atomic E-state index is -0.539. The van der Waals surface area contributed by atoms with Crippen LogP contribution in [0.3, 0.4) is 0 Å². The van der Waals surface area contributed by atoms with E-state index in [0.717, 1.165) is 32.5 Å². The van der Waals surface area contributed by atoms with E-state index in [-0.39, 0.29) is 0 Å². The van der Waals surface area contributed by atoms with Crippen molar-refractivity contribution in [3.8, 4) is 6.07 Å². The van der Waals surface area contributed by atoms with E-state index >= 15 is 0 Å². The van der Waals surface area contributed by atoms with E-state index in [4.69, 9.17) is 11.0 Å². The molecule has 0 spiro atoms. The highest BCUT2D eigenvalue weighted by Crippen LogP contribution is 2.18. The lowest BCUT2D eigenvalue weighted by Gasteiger charge is -2.34. The van der Waals surface area contributed by atoms with Crippen LogP contribution in [0.25, 0.3) is 0 Å². The summed E-state index contributed by atoms with van der Waals surface area (Å²) in [6, 6.07) is 2.21. The van der Waals surface area contributed by atoms with Crippen LogP contribution in [-0.4, -0.2) is 30.1 Å². The van der Waals surface area contributed by atoms with Gasteiger partial charge in [-0.3, -0.25) is 0 Å². The quantitative estimate of drug-likeness (QED) is 0.709. The van der Waals surface area contributed by atoms with Gasteiger partial charge in [0, 0.05) is 13.1 Å². The minimum Gasteiger partial charge on any atom is -0.313 e. The highest BCUT2D eigenvalue weighted by atomic mass is 15.1. The van der Waals surface area contributed by atoms with Gasteiger partial charge in [-0.1, -0.05) is 13.3 Å². The fourth-order valence-corrected chi connectivity index (χ4v) is 1.67. The van der Waals surface area contributed by atoms with Gasteiger partial charge in [0.15, 0.2) is 0 Å².